The zero-order valence-electron chi connectivity index (χ0n) is 28.8. The van der Waals surface area contributed by atoms with E-state index >= 15 is 8.78 Å². The molecule has 15 heteroatoms. The van der Waals surface area contributed by atoms with E-state index in [1.807, 2.05) is 12.1 Å². The van der Waals surface area contributed by atoms with Crippen LogP contribution < -0.4 is 18.5 Å². The number of carbonyl (C=O) groups is 1. The number of sulfonamides is 1. The van der Waals surface area contributed by atoms with Crippen molar-refractivity contribution in [3.05, 3.63) is 101 Å². The van der Waals surface area contributed by atoms with Crippen LogP contribution in [0.15, 0.2) is 77.8 Å². The summed E-state index contributed by atoms with van der Waals surface area (Å²) in [5.41, 5.74) is 0.640. The summed E-state index contributed by atoms with van der Waals surface area (Å²) < 4.78 is 82.6. The van der Waals surface area contributed by atoms with E-state index in [0.717, 1.165) is 9.87 Å². The Kier molecular flexibility index (Phi) is 11.6. The lowest BCUT2D eigenvalue weighted by atomic mass is 9.81. The average molecular weight is 745 g/mol. The molecule has 1 aromatic heterocycles. The fourth-order valence-corrected chi connectivity index (χ4v) is 7.40. The van der Waals surface area contributed by atoms with Crippen LogP contribution in [0.1, 0.15) is 44.2 Å². The molecule has 272 valence electrons. The third kappa shape index (κ3) is 8.98. The topological polar surface area (TPSA) is 120 Å². The minimum absolute atomic E-state index is 0.107. The number of halogens is 3. The first-order chi connectivity index (χ1) is 24.2. The molecular weight excluding hydrogens is 706 g/mol. The van der Waals surface area contributed by atoms with E-state index in [0.29, 0.717) is 47.2 Å². The number of hydrogen-bond acceptors (Lipinski definition) is 9. The highest BCUT2D eigenvalue weighted by Gasteiger charge is 2.36. The van der Waals surface area contributed by atoms with Gasteiger partial charge in [-0.25, -0.2) is 26.3 Å². The molecule has 1 amide bonds. The monoisotopic (exact) mass is 744 g/mol. The molecule has 0 saturated carbocycles. The van der Waals surface area contributed by atoms with E-state index in [1.165, 1.54) is 32.5 Å². The minimum atomic E-state index is -4.77. The van der Waals surface area contributed by atoms with Gasteiger partial charge in [0.25, 0.3) is 10.0 Å². The first-order valence-corrected chi connectivity index (χ1v) is 17.9. The van der Waals surface area contributed by atoms with Gasteiger partial charge in [-0.2, -0.15) is 5.10 Å². The highest BCUT2D eigenvalue weighted by Crippen LogP contribution is 2.37. The third-order valence-corrected chi connectivity index (χ3v) is 10.3. The summed E-state index contributed by atoms with van der Waals surface area (Å²) in [5, 5.41) is 8.27. The van der Waals surface area contributed by atoms with E-state index in [2.05, 4.69) is 10.2 Å². The van der Waals surface area contributed by atoms with Crippen LogP contribution >= 0.6 is 11.6 Å². The summed E-state index contributed by atoms with van der Waals surface area (Å²) >= 11 is 6.12. The fraction of sp³-hybridized carbons (Fsp3) is 0.361. The Hall–Kier alpha value is -4.69. The third-order valence-electron chi connectivity index (χ3n) is 8.31. The van der Waals surface area contributed by atoms with Crippen molar-refractivity contribution in [2.75, 3.05) is 38.2 Å². The van der Waals surface area contributed by atoms with Crippen molar-refractivity contribution in [1.82, 2.24) is 15.1 Å². The average Bonchev–Trinajstić information content (AvgIpc) is 3.10. The maximum atomic E-state index is 15.8. The van der Waals surface area contributed by atoms with Crippen LogP contribution in [0.2, 0.25) is 5.02 Å². The van der Waals surface area contributed by atoms with Crippen molar-refractivity contribution in [2.24, 2.45) is 5.92 Å². The predicted molar refractivity (Wildman–Crippen MR) is 187 cm³/mol. The molecule has 4 aromatic rings. The lowest BCUT2D eigenvalue weighted by Crippen LogP contribution is -2.46. The molecule has 0 aliphatic carbocycles. The number of hydrogen-bond donors (Lipinski definition) is 0. The van der Waals surface area contributed by atoms with Crippen LogP contribution in [0.25, 0.3) is 0 Å². The van der Waals surface area contributed by atoms with Gasteiger partial charge >= 0.3 is 6.09 Å². The van der Waals surface area contributed by atoms with Gasteiger partial charge in [-0.1, -0.05) is 23.7 Å². The van der Waals surface area contributed by atoms with Gasteiger partial charge in [0.05, 0.1) is 27.4 Å². The van der Waals surface area contributed by atoms with Crippen molar-refractivity contribution < 1.29 is 40.9 Å². The van der Waals surface area contributed by atoms with Gasteiger partial charge < -0.3 is 23.8 Å². The van der Waals surface area contributed by atoms with Gasteiger partial charge in [-0.15, -0.1) is 5.10 Å². The Morgan fingerprint density at radius 2 is 1.75 bits per heavy atom. The Bertz CT molecular complexity index is 1950. The zero-order valence-corrected chi connectivity index (χ0v) is 30.4. The molecule has 1 unspecified atom stereocenters. The molecule has 0 spiro atoms. The quantitative estimate of drug-likeness (QED) is 0.157. The van der Waals surface area contributed by atoms with Gasteiger partial charge in [0.15, 0.2) is 17.4 Å². The zero-order chi connectivity index (χ0) is 36.9. The predicted octanol–water partition coefficient (Wildman–Crippen LogP) is 7.24. The summed E-state index contributed by atoms with van der Waals surface area (Å²) in [4.78, 5) is 13.6. The van der Waals surface area contributed by atoms with E-state index in [1.54, 1.807) is 56.0 Å². The molecule has 1 aliphatic heterocycles. The van der Waals surface area contributed by atoms with E-state index in [9.17, 15) is 13.2 Å². The maximum Gasteiger partial charge on any atom is 0.410 e. The smallest absolute Gasteiger partial charge is 0.410 e. The van der Waals surface area contributed by atoms with Crippen molar-refractivity contribution in [3.8, 4) is 17.2 Å². The molecule has 2 atom stereocenters. The summed E-state index contributed by atoms with van der Waals surface area (Å²) in [7, 11) is -1.89. The second-order valence-corrected chi connectivity index (χ2v) is 15.2. The minimum Gasteiger partial charge on any atom is -0.497 e. The van der Waals surface area contributed by atoms with Crippen LogP contribution in [0.5, 0.6) is 17.2 Å². The van der Waals surface area contributed by atoms with Crippen molar-refractivity contribution in [3.63, 3.8) is 0 Å². The first kappa shape index (κ1) is 37.6. The Morgan fingerprint density at radius 1 is 1.00 bits per heavy atom. The van der Waals surface area contributed by atoms with Crippen molar-refractivity contribution in [2.45, 2.75) is 50.2 Å². The molecule has 1 fully saturated rings. The number of nitrogens with zero attached hydrogens (tertiary/aromatic N) is 4. The molecule has 11 nitrogen and oxygen atoms in total. The van der Waals surface area contributed by atoms with Gasteiger partial charge in [0, 0.05) is 54.0 Å². The normalized spacial score (nSPS) is 16.4. The molecule has 0 bridgehead atoms. The van der Waals surface area contributed by atoms with Crippen LogP contribution in [-0.4, -0.2) is 69.1 Å². The standard InChI is InChI=1S/C36H39ClF2N4O7S/c1-36(2,3)50-35(44)42-16-14-28(23-8-11-26(37)12-9-23)25(20-42)22-49-32-18-30(39)33(19-29(32)38)51(45,46)43(34-7-6-15-40-41-34)21-24-10-13-27(47-4)17-31(24)48-5/h6-13,15,17-19,25,28H,14,16,20-22H2,1-5H3/t25-,28?/m0/s1. The largest absolute Gasteiger partial charge is 0.497 e. The Morgan fingerprint density at radius 3 is 2.39 bits per heavy atom. The van der Waals surface area contributed by atoms with E-state index in [-0.39, 0.29) is 37.4 Å². The molecular formula is C36H39ClF2N4O7S. The molecule has 0 N–H and O–H groups in total. The number of amides is 1. The highest BCUT2D eigenvalue weighted by molar-refractivity contribution is 7.92. The lowest BCUT2D eigenvalue weighted by Gasteiger charge is -2.39. The number of anilines is 1. The highest BCUT2D eigenvalue weighted by atomic mass is 35.5. The summed E-state index contributed by atoms with van der Waals surface area (Å²) in [6, 6.07) is 16.2. The maximum absolute atomic E-state index is 15.8. The Balaban J connectivity index is 1.42. The molecule has 51 heavy (non-hydrogen) atoms. The van der Waals surface area contributed by atoms with Crippen LogP contribution in [0.4, 0.5) is 19.4 Å². The van der Waals surface area contributed by atoms with Gasteiger partial charge in [0.2, 0.25) is 0 Å². The number of likely N-dealkylation sites (tertiary alicyclic amines) is 1. The number of ether oxygens (including phenoxy) is 4. The molecule has 0 radical (unpaired) electrons. The number of rotatable bonds is 11. The number of benzene rings is 3. The molecule has 5 rings (SSSR count). The van der Waals surface area contributed by atoms with Crippen LogP contribution in [0, 0.1) is 17.6 Å². The summed E-state index contributed by atoms with van der Waals surface area (Å²) in [6.45, 7) is 5.49. The second-order valence-electron chi connectivity index (χ2n) is 12.9. The molecule has 2 heterocycles. The molecule has 1 aliphatic rings. The number of piperidine rings is 1. The fourth-order valence-electron chi connectivity index (χ4n) is 5.83. The SMILES string of the molecule is COc1ccc(CN(c2cccnn2)S(=O)(=O)c2cc(F)c(OC[C@@H]3CN(C(=O)OC(C)(C)C)CCC3c3ccc(Cl)cc3)cc2F)c(OC)c1. The van der Waals surface area contributed by atoms with Crippen molar-refractivity contribution in [1.29, 1.82) is 0 Å². The van der Waals surface area contributed by atoms with Crippen LogP contribution in [0.3, 0.4) is 0 Å². The summed E-state index contributed by atoms with van der Waals surface area (Å²) in [5.74, 6) is -2.64. The second kappa shape index (κ2) is 15.7. The first-order valence-electron chi connectivity index (χ1n) is 16.1. The van der Waals surface area contributed by atoms with Gasteiger partial charge in [0.1, 0.15) is 27.8 Å². The Labute approximate surface area is 301 Å². The molecule has 3 aromatic carbocycles. The van der Waals surface area contributed by atoms with E-state index < -0.39 is 44.0 Å². The summed E-state index contributed by atoms with van der Waals surface area (Å²) in [6.07, 6.45) is 1.42. The number of aromatic nitrogens is 2. The molecule has 1 saturated heterocycles. The van der Waals surface area contributed by atoms with Crippen molar-refractivity contribution >= 4 is 33.5 Å². The number of carbonyl (C=O) groups excluding carboxylic acids is 1. The van der Waals surface area contributed by atoms with Gasteiger partial charge in [-0.05, 0) is 75.1 Å². The van der Waals surface area contributed by atoms with Crippen LogP contribution in [-0.2, 0) is 21.3 Å². The van der Waals surface area contributed by atoms with Gasteiger partial charge in [-0.3, -0.25) is 0 Å². The van der Waals surface area contributed by atoms with E-state index in [4.69, 9.17) is 30.5 Å². The lowest BCUT2D eigenvalue weighted by molar-refractivity contribution is 0.0110. The number of methoxy groups -OCH3 is 2.